The van der Waals surface area contributed by atoms with E-state index in [1.54, 1.807) is 4.90 Å². The smallest absolute Gasteiger partial charge is 0.318 e. The van der Waals surface area contributed by atoms with Gasteiger partial charge in [0.15, 0.2) is 0 Å². The zero-order valence-electron chi connectivity index (χ0n) is 11.3. The van der Waals surface area contributed by atoms with Gasteiger partial charge in [-0.2, -0.15) is 0 Å². The number of carbonyl (C=O) groups excluding carboxylic acids is 1. The molecule has 0 bridgehead atoms. The molecule has 1 heterocycles. The first-order valence-corrected chi connectivity index (χ1v) is 6.36. The maximum atomic E-state index is 11.8. The molecular formula is C14H21N3O. The number of hydrogen-bond donors (Lipinski definition) is 2. The van der Waals surface area contributed by atoms with Gasteiger partial charge in [-0.15, -0.1) is 0 Å². The van der Waals surface area contributed by atoms with Crippen LogP contribution in [0.2, 0.25) is 0 Å². The van der Waals surface area contributed by atoms with E-state index in [4.69, 9.17) is 5.73 Å². The number of hydrogen-bond acceptors (Lipinski definition) is 2. The Labute approximate surface area is 108 Å². The van der Waals surface area contributed by atoms with Gasteiger partial charge < -0.3 is 16.0 Å². The van der Waals surface area contributed by atoms with Crippen molar-refractivity contribution in [1.82, 2.24) is 10.2 Å². The minimum Gasteiger partial charge on any atom is -0.329 e. The van der Waals surface area contributed by atoms with Gasteiger partial charge in [0, 0.05) is 19.6 Å². The summed E-state index contributed by atoms with van der Waals surface area (Å²) in [6.45, 7) is 8.19. The standard InChI is InChI=1S/C14H21N3O/c1-9-4-5-12(11(3)10(9)2)13-8-17(7-6-15)14(18)16-13/h4-5,13H,6-8,15H2,1-3H3,(H,16,18). The third-order valence-corrected chi connectivity index (χ3v) is 3.86. The van der Waals surface area contributed by atoms with Crippen LogP contribution in [0.25, 0.3) is 0 Å². The van der Waals surface area contributed by atoms with E-state index in [0.29, 0.717) is 19.6 Å². The number of rotatable bonds is 3. The van der Waals surface area contributed by atoms with Crippen LogP contribution in [0.1, 0.15) is 28.3 Å². The van der Waals surface area contributed by atoms with Crippen molar-refractivity contribution >= 4 is 6.03 Å². The van der Waals surface area contributed by atoms with E-state index >= 15 is 0 Å². The molecule has 0 aliphatic carbocycles. The van der Waals surface area contributed by atoms with Crippen LogP contribution in [0.3, 0.4) is 0 Å². The summed E-state index contributed by atoms with van der Waals surface area (Å²) in [4.78, 5) is 13.5. The fourth-order valence-corrected chi connectivity index (χ4v) is 2.47. The van der Waals surface area contributed by atoms with Crippen LogP contribution >= 0.6 is 0 Å². The number of amides is 2. The fourth-order valence-electron chi connectivity index (χ4n) is 2.47. The molecule has 2 amide bonds. The van der Waals surface area contributed by atoms with E-state index in [9.17, 15) is 4.79 Å². The van der Waals surface area contributed by atoms with Gasteiger partial charge in [-0.05, 0) is 43.0 Å². The second kappa shape index (κ2) is 4.98. The van der Waals surface area contributed by atoms with Crippen molar-refractivity contribution in [2.24, 2.45) is 5.73 Å². The average Bonchev–Trinajstić information content (AvgIpc) is 2.68. The third kappa shape index (κ3) is 2.20. The molecule has 3 N–H and O–H groups in total. The van der Waals surface area contributed by atoms with Crippen LogP contribution in [0, 0.1) is 20.8 Å². The Morgan fingerprint density at radius 1 is 1.33 bits per heavy atom. The second-order valence-electron chi connectivity index (χ2n) is 4.96. The third-order valence-electron chi connectivity index (χ3n) is 3.86. The lowest BCUT2D eigenvalue weighted by molar-refractivity contribution is 0.218. The Hall–Kier alpha value is -1.55. The molecule has 1 saturated heterocycles. The zero-order chi connectivity index (χ0) is 13.3. The lowest BCUT2D eigenvalue weighted by atomic mass is 9.94. The predicted octanol–water partition coefficient (Wildman–Crippen LogP) is 1.64. The van der Waals surface area contributed by atoms with Crippen molar-refractivity contribution in [2.45, 2.75) is 26.8 Å². The molecule has 1 fully saturated rings. The lowest BCUT2D eigenvalue weighted by Gasteiger charge is -2.17. The van der Waals surface area contributed by atoms with Crippen LogP contribution in [0.5, 0.6) is 0 Å². The lowest BCUT2D eigenvalue weighted by Crippen LogP contribution is -2.32. The normalized spacial score (nSPS) is 19.2. The maximum Gasteiger partial charge on any atom is 0.318 e. The fraction of sp³-hybridized carbons (Fsp3) is 0.500. The van der Waals surface area contributed by atoms with Crippen molar-refractivity contribution in [1.29, 1.82) is 0 Å². The molecular weight excluding hydrogens is 226 g/mol. The van der Waals surface area contributed by atoms with E-state index in [1.807, 2.05) is 0 Å². The molecule has 1 unspecified atom stereocenters. The molecule has 0 aromatic heterocycles. The summed E-state index contributed by atoms with van der Waals surface area (Å²) in [5, 5.41) is 3.02. The molecule has 2 rings (SSSR count). The van der Waals surface area contributed by atoms with Crippen molar-refractivity contribution in [3.05, 3.63) is 34.4 Å². The van der Waals surface area contributed by atoms with Gasteiger partial charge in [0.2, 0.25) is 0 Å². The molecule has 0 radical (unpaired) electrons. The molecule has 0 spiro atoms. The van der Waals surface area contributed by atoms with Gasteiger partial charge in [-0.1, -0.05) is 12.1 Å². The molecule has 1 aliphatic rings. The Bertz CT molecular complexity index is 470. The monoisotopic (exact) mass is 247 g/mol. The molecule has 98 valence electrons. The van der Waals surface area contributed by atoms with Gasteiger partial charge >= 0.3 is 6.03 Å². The van der Waals surface area contributed by atoms with E-state index in [2.05, 4.69) is 38.2 Å². The molecule has 1 aromatic rings. The molecule has 4 nitrogen and oxygen atoms in total. The summed E-state index contributed by atoms with van der Waals surface area (Å²) in [6.07, 6.45) is 0. The van der Waals surface area contributed by atoms with Gasteiger partial charge in [0.25, 0.3) is 0 Å². The number of carbonyl (C=O) groups is 1. The predicted molar refractivity (Wildman–Crippen MR) is 72.6 cm³/mol. The first kappa shape index (κ1) is 12.9. The minimum absolute atomic E-state index is 0.0110. The summed E-state index contributed by atoms with van der Waals surface area (Å²) in [7, 11) is 0. The van der Waals surface area contributed by atoms with Crippen LogP contribution in [-0.2, 0) is 0 Å². The van der Waals surface area contributed by atoms with Gasteiger partial charge in [-0.3, -0.25) is 0 Å². The van der Waals surface area contributed by atoms with E-state index in [0.717, 1.165) is 0 Å². The molecule has 1 atom stereocenters. The highest BCUT2D eigenvalue weighted by molar-refractivity contribution is 5.77. The van der Waals surface area contributed by atoms with Gasteiger partial charge in [0.1, 0.15) is 0 Å². The van der Waals surface area contributed by atoms with Crippen molar-refractivity contribution < 1.29 is 4.79 Å². The Kier molecular flexibility index (Phi) is 3.57. The number of nitrogens with two attached hydrogens (primary N) is 1. The van der Waals surface area contributed by atoms with Gasteiger partial charge in [-0.25, -0.2) is 4.79 Å². The number of aryl methyl sites for hydroxylation is 1. The van der Waals surface area contributed by atoms with Gasteiger partial charge in [0.05, 0.1) is 6.04 Å². The van der Waals surface area contributed by atoms with E-state index in [1.165, 1.54) is 22.3 Å². The van der Waals surface area contributed by atoms with Crippen molar-refractivity contribution in [2.75, 3.05) is 19.6 Å². The largest absolute Gasteiger partial charge is 0.329 e. The first-order chi connectivity index (χ1) is 8.54. The Morgan fingerprint density at radius 3 is 2.72 bits per heavy atom. The highest BCUT2D eigenvalue weighted by Gasteiger charge is 2.30. The first-order valence-electron chi connectivity index (χ1n) is 6.36. The van der Waals surface area contributed by atoms with Crippen LogP contribution in [0.4, 0.5) is 4.79 Å². The summed E-state index contributed by atoms with van der Waals surface area (Å²) < 4.78 is 0. The van der Waals surface area contributed by atoms with Crippen LogP contribution < -0.4 is 11.1 Å². The number of nitrogens with zero attached hydrogens (tertiary/aromatic N) is 1. The van der Waals surface area contributed by atoms with E-state index < -0.39 is 0 Å². The highest BCUT2D eigenvalue weighted by atomic mass is 16.2. The zero-order valence-corrected chi connectivity index (χ0v) is 11.3. The number of benzene rings is 1. The summed E-state index contributed by atoms with van der Waals surface area (Å²) >= 11 is 0. The maximum absolute atomic E-state index is 11.8. The minimum atomic E-state index is -0.0110. The molecule has 4 heteroatoms. The van der Waals surface area contributed by atoms with Crippen LogP contribution in [0.15, 0.2) is 12.1 Å². The Balaban J connectivity index is 2.24. The summed E-state index contributed by atoms with van der Waals surface area (Å²) in [5.41, 5.74) is 10.6. The van der Waals surface area contributed by atoms with E-state index in [-0.39, 0.29) is 12.1 Å². The van der Waals surface area contributed by atoms with Crippen molar-refractivity contribution in [3.63, 3.8) is 0 Å². The summed E-state index contributed by atoms with van der Waals surface area (Å²) in [5.74, 6) is 0. The molecule has 18 heavy (non-hydrogen) atoms. The highest BCUT2D eigenvalue weighted by Crippen LogP contribution is 2.26. The topological polar surface area (TPSA) is 58.4 Å². The molecule has 1 aliphatic heterocycles. The molecule has 1 aromatic carbocycles. The van der Waals surface area contributed by atoms with Crippen molar-refractivity contribution in [3.8, 4) is 0 Å². The summed E-state index contributed by atoms with van der Waals surface area (Å²) in [6, 6.07) is 4.32. The number of urea groups is 1. The van der Waals surface area contributed by atoms with Crippen LogP contribution in [-0.4, -0.2) is 30.6 Å². The SMILES string of the molecule is Cc1ccc(C2CN(CCN)C(=O)N2)c(C)c1C. The Morgan fingerprint density at radius 2 is 2.06 bits per heavy atom. The average molecular weight is 247 g/mol. The number of nitrogens with one attached hydrogen (secondary N) is 1. The molecule has 0 saturated carbocycles. The second-order valence-corrected chi connectivity index (χ2v) is 4.96. The quantitative estimate of drug-likeness (QED) is 0.853.